The predicted octanol–water partition coefficient (Wildman–Crippen LogP) is 2.50. The molecule has 0 unspecified atom stereocenters. The van der Waals surface area contributed by atoms with E-state index in [0.29, 0.717) is 5.92 Å². The molecular weight excluding hydrogens is 200 g/mol. The molecule has 2 aliphatic rings. The van der Waals surface area contributed by atoms with Crippen molar-refractivity contribution in [3.05, 3.63) is 12.2 Å². The fourth-order valence-electron chi connectivity index (χ4n) is 3.88. The van der Waals surface area contributed by atoms with Crippen molar-refractivity contribution >= 4 is 0 Å². The van der Waals surface area contributed by atoms with Gasteiger partial charge in [0.05, 0.1) is 11.7 Å². The van der Waals surface area contributed by atoms with Gasteiger partial charge in [0.1, 0.15) is 0 Å². The van der Waals surface area contributed by atoms with E-state index in [4.69, 9.17) is 0 Å². The van der Waals surface area contributed by atoms with Crippen LogP contribution in [0.1, 0.15) is 47.0 Å². The molecule has 2 rings (SSSR count). The highest BCUT2D eigenvalue weighted by Crippen LogP contribution is 2.69. The maximum atomic E-state index is 10.8. The third-order valence-corrected chi connectivity index (χ3v) is 5.60. The lowest BCUT2D eigenvalue weighted by Gasteiger charge is -2.43. The van der Waals surface area contributed by atoms with Gasteiger partial charge in [-0.15, -0.1) is 0 Å². The van der Waals surface area contributed by atoms with E-state index >= 15 is 0 Å². The first kappa shape index (κ1) is 12.1. The highest BCUT2D eigenvalue weighted by atomic mass is 16.3. The molecule has 2 N–H and O–H groups in total. The van der Waals surface area contributed by atoms with Crippen LogP contribution in [0.25, 0.3) is 0 Å². The van der Waals surface area contributed by atoms with Crippen molar-refractivity contribution in [2.24, 2.45) is 16.7 Å². The molecule has 0 aromatic rings. The largest absolute Gasteiger partial charge is 0.389 e. The van der Waals surface area contributed by atoms with Gasteiger partial charge in [0.25, 0.3) is 0 Å². The molecule has 0 aliphatic heterocycles. The zero-order chi connectivity index (χ0) is 12.2. The molecule has 0 aromatic carbocycles. The molecular formula is C14H24O2. The summed E-state index contributed by atoms with van der Waals surface area (Å²) in [5, 5.41) is 20.1. The van der Waals surface area contributed by atoms with Crippen LogP contribution in [0.4, 0.5) is 0 Å². The van der Waals surface area contributed by atoms with Crippen molar-refractivity contribution in [3.63, 3.8) is 0 Å². The molecule has 0 heterocycles. The number of aliphatic hydroxyl groups is 2. The van der Waals surface area contributed by atoms with Crippen LogP contribution in [-0.2, 0) is 0 Å². The van der Waals surface area contributed by atoms with Gasteiger partial charge in [0.15, 0.2) is 0 Å². The first-order valence-corrected chi connectivity index (χ1v) is 6.33. The van der Waals surface area contributed by atoms with Crippen molar-refractivity contribution in [1.29, 1.82) is 0 Å². The molecule has 16 heavy (non-hydrogen) atoms. The van der Waals surface area contributed by atoms with E-state index in [1.807, 2.05) is 6.08 Å². The molecule has 2 saturated carbocycles. The molecule has 0 aromatic heterocycles. The van der Waals surface area contributed by atoms with E-state index in [1.165, 1.54) is 6.42 Å². The summed E-state index contributed by atoms with van der Waals surface area (Å²) in [6.07, 6.45) is 6.26. The molecule has 0 radical (unpaired) electrons. The molecule has 2 aliphatic carbocycles. The van der Waals surface area contributed by atoms with Crippen LogP contribution < -0.4 is 0 Å². The topological polar surface area (TPSA) is 40.5 Å². The molecule has 2 bridgehead atoms. The Bertz CT molecular complexity index is 319. The fraction of sp³-hybridized carbons (Fsp3) is 0.857. The Morgan fingerprint density at radius 2 is 1.94 bits per heavy atom. The Morgan fingerprint density at radius 1 is 1.31 bits per heavy atom. The highest BCUT2D eigenvalue weighted by Gasteiger charge is 2.67. The first-order valence-electron chi connectivity index (χ1n) is 6.33. The lowest BCUT2D eigenvalue weighted by Crippen LogP contribution is -2.45. The van der Waals surface area contributed by atoms with E-state index < -0.39 is 11.7 Å². The summed E-state index contributed by atoms with van der Waals surface area (Å²) in [7, 11) is 0. The van der Waals surface area contributed by atoms with Crippen LogP contribution in [0, 0.1) is 16.7 Å². The van der Waals surface area contributed by atoms with Crippen molar-refractivity contribution in [1.82, 2.24) is 0 Å². The predicted molar refractivity (Wildman–Crippen MR) is 65.0 cm³/mol. The molecule has 92 valence electrons. The van der Waals surface area contributed by atoms with Gasteiger partial charge in [-0.2, -0.15) is 0 Å². The van der Waals surface area contributed by atoms with Crippen molar-refractivity contribution in [3.8, 4) is 0 Å². The second-order valence-electron chi connectivity index (χ2n) is 6.52. The summed E-state index contributed by atoms with van der Waals surface area (Å²) in [4.78, 5) is 0. The van der Waals surface area contributed by atoms with E-state index in [2.05, 4.69) is 20.8 Å². The summed E-state index contributed by atoms with van der Waals surface area (Å²) in [6, 6.07) is 0. The smallest absolute Gasteiger partial charge is 0.0889 e. The Labute approximate surface area is 98.4 Å². The van der Waals surface area contributed by atoms with Gasteiger partial charge in [-0.25, -0.2) is 0 Å². The monoisotopic (exact) mass is 224 g/mol. The molecule has 0 saturated heterocycles. The van der Waals surface area contributed by atoms with Crippen LogP contribution in [0.15, 0.2) is 12.2 Å². The summed E-state index contributed by atoms with van der Waals surface area (Å²) < 4.78 is 0. The van der Waals surface area contributed by atoms with Crippen LogP contribution in [0.3, 0.4) is 0 Å². The third-order valence-electron chi connectivity index (χ3n) is 5.60. The lowest BCUT2D eigenvalue weighted by atomic mass is 9.64. The molecule has 0 spiro atoms. The van der Waals surface area contributed by atoms with E-state index in [0.717, 1.165) is 12.8 Å². The minimum Gasteiger partial charge on any atom is -0.389 e. The average molecular weight is 224 g/mol. The summed E-state index contributed by atoms with van der Waals surface area (Å²) >= 11 is 0. The minimum absolute atomic E-state index is 0.0456. The Kier molecular flexibility index (Phi) is 2.52. The highest BCUT2D eigenvalue weighted by molar-refractivity contribution is 5.24. The van der Waals surface area contributed by atoms with Gasteiger partial charge in [-0.1, -0.05) is 32.9 Å². The van der Waals surface area contributed by atoms with Crippen LogP contribution in [-0.4, -0.2) is 21.9 Å². The SMILES string of the molecule is C[C@@H](O)/C=C\[C@@]1(O)C[C@H]2CC[C@]1(C)C2(C)C. The second kappa shape index (κ2) is 3.33. The quantitative estimate of drug-likeness (QED) is 0.708. The van der Waals surface area contributed by atoms with E-state index in [9.17, 15) is 10.2 Å². The van der Waals surface area contributed by atoms with Gasteiger partial charge in [0, 0.05) is 5.41 Å². The maximum absolute atomic E-state index is 10.8. The van der Waals surface area contributed by atoms with Gasteiger partial charge in [0.2, 0.25) is 0 Å². The van der Waals surface area contributed by atoms with Crippen LogP contribution >= 0.6 is 0 Å². The van der Waals surface area contributed by atoms with Gasteiger partial charge >= 0.3 is 0 Å². The van der Waals surface area contributed by atoms with Crippen molar-refractivity contribution in [2.45, 2.75) is 58.7 Å². The number of aliphatic hydroxyl groups excluding tert-OH is 1. The maximum Gasteiger partial charge on any atom is 0.0889 e. The molecule has 4 atom stereocenters. The summed E-state index contributed by atoms with van der Waals surface area (Å²) in [5.74, 6) is 0.612. The van der Waals surface area contributed by atoms with Crippen LogP contribution in [0.5, 0.6) is 0 Å². The van der Waals surface area contributed by atoms with Gasteiger partial charge in [-0.3, -0.25) is 0 Å². The third kappa shape index (κ3) is 1.32. The zero-order valence-electron chi connectivity index (χ0n) is 10.8. The Morgan fingerprint density at radius 3 is 2.31 bits per heavy atom. The fourth-order valence-corrected chi connectivity index (χ4v) is 3.88. The van der Waals surface area contributed by atoms with Gasteiger partial charge in [-0.05, 0) is 37.5 Å². The molecule has 2 heteroatoms. The van der Waals surface area contributed by atoms with Crippen molar-refractivity contribution < 1.29 is 10.2 Å². The summed E-state index contributed by atoms with van der Waals surface area (Å²) in [6.45, 7) is 8.48. The average Bonchev–Trinajstić information content (AvgIpc) is 2.47. The van der Waals surface area contributed by atoms with E-state index in [-0.39, 0.29) is 10.8 Å². The summed E-state index contributed by atoms with van der Waals surface area (Å²) in [5.41, 5.74) is -0.572. The number of fused-ring (bicyclic) bond motifs is 2. The van der Waals surface area contributed by atoms with E-state index in [1.54, 1.807) is 13.0 Å². The van der Waals surface area contributed by atoms with Gasteiger partial charge < -0.3 is 10.2 Å². The first-order chi connectivity index (χ1) is 7.23. The van der Waals surface area contributed by atoms with Crippen LogP contribution in [0.2, 0.25) is 0 Å². The molecule has 2 nitrogen and oxygen atoms in total. The molecule has 0 amide bonds. The number of hydrogen-bond donors (Lipinski definition) is 2. The minimum atomic E-state index is -0.726. The lowest BCUT2D eigenvalue weighted by molar-refractivity contribution is -0.0516. The Balaban J connectivity index is 2.33. The van der Waals surface area contributed by atoms with Crippen molar-refractivity contribution in [2.75, 3.05) is 0 Å². The zero-order valence-corrected chi connectivity index (χ0v) is 10.8. The Hall–Kier alpha value is -0.340. The number of hydrogen-bond acceptors (Lipinski definition) is 2. The normalized spacial score (nSPS) is 47.8. The number of rotatable bonds is 2. The molecule has 2 fully saturated rings. The standard InChI is InChI=1S/C14H24O2/c1-10(15)5-8-14(16)9-11-6-7-13(14,4)12(11,2)3/h5,8,10-11,15-16H,6-7,9H2,1-4H3/b8-5-/t10-,11-,13-,14-/m1/s1. The second-order valence-corrected chi connectivity index (χ2v) is 6.52.